The third kappa shape index (κ3) is 3.36. The predicted molar refractivity (Wildman–Crippen MR) is 96.9 cm³/mol. The summed E-state index contributed by atoms with van der Waals surface area (Å²) >= 11 is 0. The first-order valence-corrected chi connectivity index (χ1v) is 8.53. The number of halogens is 2. The Hall–Kier alpha value is -3.01. The van der Waals surface area contributed by atoms with Crippen molar-refractivity contribution in [3.8, 4) is 11.1 Å². The van der Waals surface area contributed by atoms with E-state index in [-0.39, 0.29) is 23.6 Å². The molecule has 1 aliphatic rings. The maximum absolute atomic E-state index is 13.1. The molecule has 3 aromatic rings. The first kappa shape index (κ1) is 16.5. The average molecular weight is 349 g/mol. The summed E-state index contributed by atoms with van der Waals surface area (Å²) in [5.41, 5.74) is 4.85. The highest BCUT2D eigenvalue weighted by molar-refractivity contribution is 5.94. The molecule has 4 heteroatoms. The van der Waals surface area contributed by atoms with Crippen molar-refractivity contribution >= 4 is 5.91 Å². The van der Waals surface area contributed by atoms with E-state index in [4.69, 9.17) is 0 Å². The molecule has 2 nitrogen and oxygen atoms in total. The number of carbonyl (C=O) groups is 1. The van der Waals surface area contributed by atoms with Crippen LogP contribution in [0.1, 0.15) is 21.5 Å². The maximum Gasteiger partial charge on any atom is 0.251 e. The van der Waals surface area contributed by atoms with Gasteiger partial charge < -0.3 is 5.32 Å². The van der Waals surface area contributed by atoms with Crippen molar-refractivity contribution in [3.05, 3.63) is 95.1 Å². The van der Waals surface area contributed by atoms with Crippen LogP contribution in [0.15, 0.2) is 66.7 Å². The van der Waals surface area contributed by atoms with Crippen molar-refractivity contribution in [1.82, 2.24) is 5.32 Å². The molecule has 0 fully saturated rings. The number of rotatable bonds is 3. The van der Waals surface area contributed by atoms with Crippen molar-refractivity contribution in [3.63, 3.8) is 0 Å². The van der Waals surface area contributed by atoms with Crippen LogP contribution in [0.4, 0.5) is 8.78 Å². The van der Waals surface area contributed by atoms with E-state index >= 15 is 0 Å². The summed E-state index contributed by atoms with van der Waals surface area (Å²) in [4.78, 5) is 12.3. The van der Waals surface area contributed by atoms with Crippen molar-refractivity contribution < 1.29 is 13.6 Å². The number of fused-ring (bicyclic) bond motifs is 1. The second-order valence-electron chi connectivity index (χ2n) is 6.58. The lowest BCUT2D eigenvalue weighted by Crippen LogP contribution is -2.35. The van der Waals surface area contributed by atoms with Crippen LogP contribution in [-0.4, -0.2) is 11.9 Å². The van der Waals surface area contributed by atoms with Gasteiger partial charge in [-0.3, -0.25) is 4.79 Å². The van der Waals surface area contributed by atoms with Gasteiger partial charge >= 0.3 is 0 Å². The summed E-state index contributed by atoms with van der Waals surface area (Å²) in [6.07, 6.45) is 1.52. The number of nitrogens with one attached hydrogen (secondary N) is 1. The molecule has 0 heterocycles. The summed E-state index contributed by atoms with van der Waals surface area (Å²) in [5, 5.41) is 3.02. The van der Waals surface area contributed by atoms with Gasteiger partial charge in [0, 0.05) is 11.6 Å². The lowest BCUT2D eigenvalue weighted by atomic mass is 10.0. The maximum atomic E-state index is 13.1. The highest BCUT2D eigenvalue weighted by Gasteiger charge is 2.23. The van der Waals surface area contributed by atoms with Gasteiger partial charge in [-0.2, -0.15) is 0 Å². The number of hydrogen-bond acceptors (Lipinski definition) is 1. The van der Waals surface area contributed by atoms with E-state index in [2.05, 4.69) is 17.4 Å². The molecule has 26 heavy (non-hydrogen) atoms. The standard InChI is InChI=1S/C22H17F2NO/c23-19-7-3-14(4-8-19)16-1-2-17-12-21(13-18(17)11-16)25-22(26)15-5-9-20(24)10-6-15/h1-11,21H,12-13H2,(H,25,26). The number of benzene rings is 3. The van der Waals surface area contributed by atoms with Crippen LogP contribution in [0.3, 0.4) is 0 Å². The van der Waals surface area contributed by atoms with E-state index < -0.39 is 0 Å². The molecule has 1 amide bonds. The van der Waals surface area contributed by atoms with Gasteiger partial charge in [0.1, 0.15) is 11.6 Å². The Kier molecular flexibility index (Phi) is 4.25. The third-order valence-electron chi connectivity index (χ3n) is 4.76. The molecule has 1 N–H and O–H groups in total. The van der Waals surface area contributed by atoms with E-state index in [1.54, 1.807) is 12.1 Å². The van der Waals surface area contributed by atoms with Crippen molar-refractivity contribution in [2.24, 2.45) is 0 Å². The van der Waals surface area contributed by atoms with Gasteiger partial charge in [0.2, 0.25) is 0 Å². The average Bonchev–Trinajstić information content (AvgIpc) is 3.04. The van der Waals surface area contributed by atoms with Gasteiger partial charge in [-0.15, -0.1) is 0 Å². The summed E-state index contributed by atoms with van der Waals surface area (Å²) in [6, 6.07) is 18.2. The molecule has 0 aromatic heterocycles. The minimum Gasteiger partial charge on any atom is -0.349 e. The Bertz CT molecular complexity index is 949. The normalized spacial score (nSPS) is 15.5. The summed E-state index contributed by atoms with van der Waals surface area (Å²) in [6.45, 7) is 0. The van der Waals surface area contributed by atoms with Crippen LogP contribution in [0.5, 0.6) is 0 Å². The van der Waals surface area contributed by atoms with Crippen LogP contribution in [-0.2, 0) is 12.8 Å². The minimum atomic E-state index is -0.358. The molecular weight excluding hydrogens is 332 g/mol. The molecule has 0 spiro atoms. The van der Waals surface area contributed by atoms with Gasteiger partial charge in [-0.25, -0.2) is 8.78 Å². The predicted octanol–water partition coefficient (Wildman–Crippen LogP) is 4.53. The van der Waals surface area contributed by atoms with Crippen LogP contribution in [0, 0.1) is 11.6 Å². The lowest BCUT2D eigenvalue weighted by molar-refractivity contribution is 0.0938. The molecule has 0 radical (unpaired) electrons. The smallest absolute Gasteiger partial charge is 0.251 e. The Labute approximate surface area is 150 Å². The number of hydrogen-bond donors (Lipinski definition) is 1. The van der Waals surface area contributed by atoms with E-state index in [0.29, 0.717) is 5.56 Å². The summed E-state index contributed by atoms with van der Waals surface area (Å²) < 4.78 is 26.1. The van der Waals surface area contributed by atoms with E-state index in [1.165, 1.54) is 47.5 Å². The first-order valence-electron chi connectivity index (χ1n) is 8.53. The van der Waals surface area contributed by atoms with Crippen LogP contribution in [0.2, 0.25) is 0 Å². The molecule has 4 rings (SSSR count). The molecule has 3 aromatic carbocycles. The highest BCUT2D eigenvalue weighted by atomic mass is 19.1. The molecule has 0 saturated heterocycles. The number of carbonyl (C=O) groups excluding carboxylic acids is 1. The quantitative estimate of drug-likeness (QED) is 0.740. The zero-order valence-electron chi connectivity index (χ0n) is 14.0. The summed E-state index contributed by atoms with van der Waals surface area (Å²) in [5.74, 6) is -0.803. The Morgan fingerprint density at radius 2 is 1.35 bits per heavy atom. The van der Waals surface area contributed by atoms with Crippen molar-refractivity contribution in [2.75, 3.05) is 0 Å². The van der Waals surface area contributed by atoms with Crippen molar-refractivity contribution in [1.29, 1.82) is 0 Å². The Morgan fingerprint density at radius 3 is 2.04 bits per heavy atom. The van der Waals surface area contributed by atoms with Crippen molar-refractivity contribution in [2.45, 2.75) is 18.9 Å². The van der Waals surface area contributed by atoms with E-state index in [1.807, 2.05) is 6.07 Å². The van der Waals surface area contributed by atoms with Gasteiger partial charge in [0.15, 0.2) is 0 Å². The molecule has 0 aliphatic heterocycles. The Balaban J connectivity index is 1.48. The molecule has 130 valence electrons. The van der Waals surface area contributed by atoms with E-state index in [9.17, 15) is 13.6 Å². The first-order chi connectivity index (χ1) is 12.6. The molecule has 1 atom stereocenters. The lowest BCUT2D eigenvalue weighted by Gasteiger charge is -2.12. The second kappa shape index (κ2) is 6.71. The SMILES string of the molecule is O=C(NC1Cc2ccc(-c3ccc(F)cc3)cc2C1)c1ccc(F)cc1. The largest absolute Gasteiger partial charge is 0.349 e. The van der Waals surface area contributed by atoms with Gasteiger partial charge in [0.25, 0.3) is 5.91 Å². The molecule has 0 bridgehead atoms. The van der Waals surface area contributed by atoms with Crippen LogP contribution in [0.25, 0.3) is 11.1 Å². The fraction of sp³-hybridized carbons (Fsp3) is 0.136. The highest BCUT2D eigenvalue weighted by Crippen LogP contribution is 2.28. The zero-order valence-corrected chi connectivity index (χ0v) is 14.0. The van der Waals surface area contributed by atoms with E-state index in [0.717, 1.165) is 24.0 Å². The monoisotopic (exact) mass is 349 g/mol. The fourth-order valence-electron chi connectivity index (χ4n) is 3.41. The van der Waals surface area contributed by atoms with Gasteiger partial charge in [0.05, 0.1) is 0 Å². The molecule has 1 aliphatic carbocycles. The van der Waals surface area contributed by atoms with Crippen LogP contribution >= 0.6 is 0 Å². The zero-order chi connectivity index (χ0) is 18.1. The second-order valence-corrected chi connectivity index (χ2v) is 6.58. The van der Waals surface area contributed by atoms with Gasteiger partial charge in [-0.1, -0.05) is 30.3 Å². The van der Waals surface area contributed by atoms with Crippen LogP contribution < -0.4 is 5.32 Å². The minimum absolute atomic E-state index is 0.0195. The third-order valence-corrected chi connectivity index (χ3v) is 4.76. The van der Waals surface area contributed by atoms with Gasteiger partial charge in [-0.05, 0) is 71.5 Å². The fourth-order valence-corrected chi connectivity index (χ4v) is 3.41. The summed E-state index contributed by atoms with van der Waals surface area (Å²) in [7, 11) is 0. The topological polar surface area (TPSA) is 29.1 Å². The molecule has 0 saturated carbocycles. The number of amides is 1. The molecule has 1 unspecified atom stereocenters. The molecular formula is C22H17F2NO. The Morgan fingerprint density at radius 1 is 0.769 bits per heavy atom.